The summed E-state index contributed by atoms with van der Waals surface area (Å²) in [6, 6.07) is 3.90. The molecule has 0 spiro atoms. The quantitative estimate of drug-likeness (QED) is 0.837. The largest absolute Gasteiger partial charge is 0.477 e. The highest BCUT2D eigenvalue weighted by Crippen LogP contribution is 2.24. The Balaban J connectivity index is 3.13. The Kier molecular flexibility index (Phi) is 2.73. The highest BCUT2D eigenvalue weighted by Gasteiger charge is 2.18. The van der Waals surface area contributed by atoms with Crippen molar-refractivity contribution in [3.05, 3.63) is 44.7 Å². The van der Waals surface area contributed by atoms with Gasteiger partial charge in [-0.15, -0.1) is 0 Å². The van der Waals surface area contributed by atoms with Crippen molar-refractivity contribution in [1.29, 1.82) is 0 Å². The first-order chi connectivity index (χ1) is 8.34. The molecule has 4 heteroatoms. The Labute approximate surface area is 104 Å². The van der Waals surface area contributed by atoms with E-state index in [4.69, 9.17) is 5.11 Å². The van der Waals surface area contributed by atoms with Gasteiger partial charge in [0.1, 0.15) is 5.56 Å². The molecule has 0 atom stereocenters. The van der Waals surface area contributed by atoms with Crippen molar-refractivity contribution >= 4 is 16.9 Å². The monoisotopic (exact) mass is 245 g/mol. The molecule has 0 saturated heterocycles. The smallest absolute Gasteiger partial charge is 0.341 e. The molecule has 1 N–H and O–H groups in total. The second-order valence-corrected chi connectivity index (χ2v) is 4.65. The van der Waals surface area contributed by atoms with Crippen LogP contribution in [0.1, 0.15) is 27.0 Å². The Morgan fingerprint density at radius 1 is 1.22 bits per heavy atom. The van der Waals surface area contributed by atoms with E-state index in [1.54, 1.807) is 14.0 Å². The number of aromatic carboxylic acids is 1. The molecule has 0 saturated carbocycles. The SMILES string of the molecule is Cc1cc(C)c2c(C)c(C(=O)O)c(=O)n(C)c2c1. The number of hydrogen-bond donors (Lipinski definition) is 1. The zero-order valence-electron chi connectivity index (χ0n) is 10.9. The number of hydrogen-bond acceptors (Lipinski definition) is 2. The maximum absolute atomic E-state index is 12.0. The van der Waals surface area contributed by atoms with Gasteiger partial charge in [-0.25, -0.2) is 4.79 Å². The van der Waals surface area contributed by atoms with Crippen LogP contribution in [0.3, 0.4) is 0 Å². The van der Waals surface area contributed by atoms with Gasteiger partial charge in [0.2, 0.25) is 0 Å². The third kappa shape index (κ3) is 1.61. The average Bonchev–Trinajstić information content (AvgIpc) is 2.24. The minimum absolute atomic E-state index is 0.142. The van der Waals surface area contributed by atoms with Crippen LogP contribution in [0.25, 0.3) is 10.9 Å². The summed E-state index contributed by atoms with van der Waals surface area (Å²) in [7, 11) is 1.61. The molecule has 0 aliphatic heterocycles. The second kappa shape index (κ2) is 3.98. The van der Waals surface area contributed by atoms with Crippen LogP contribution in [0.4, 0.5) is 0 Å². The van der Waals surface area contributed by atoms with Gasteiger partial charge in [-0.1, -0.05) is 6.07 Å². The molecule has 0 aliphatic rings. The summed E-state index contributed by atoms with van der Waals surface area (Å²) in [5.41, 5.74) is 2.76. The number of fused-ring (bicyclic) bond motifs is 1. The third-order valence-electron chi connectivity index (χ3n) is 3.30. The van der Waals surface area contributed by atoms with E-state index in [1.165, 1.54) is 4.57 Å². The molecular weight excluding hydrogens is 230 g/mol. The zero-order chi connectivity index (χ0) is 13.6. The van der Waals surface area contributed by atoms with E-state index in [1.807, 2.05) is 26.0 Å². The van der Waals surface area contributed by atoms with Crippen molar-refractivity contribution in [1.82, 2.24) is 4.57 Å². The molecule has 4 nitrogen and oxygen atoms in total. The zero-order valence-corrected chi connectivity index (χ0v) is 10.9. The molecular formula is C14H15NO3. The van der Waals surface area contributed by atoms with Crippen LogP contribution < -0.4 is 5.56 Å². The van der Waals surface area contributed by atoms with E-state index in [-0.39, 0.29) is 5.56 Å². The van der Waals surface area contributed by atoms with E-state index in [9.17, 15) is 9.59 Å². The maximum atomic E-state index is 12.0. The average molecular weight is 245 g/mol. The van der Waals surface area contributed by atoms with Gasteiger partial charge in [0.15, 0.2) is 0 Å². The van der Waals surface area contributed by atoms with Crippen molar-refractivity contribution in [2.45, 2.75) is 20.8 Å². The predicted octanol–water partition coefficient (Wildman–Crippen LogP) is 2.16. The summed E-state index contributed by atoms with van der Waals surface area (Å²) in [5.74, 6) is -1.17. The highest BCUT2D eigenvalue weighted by molar-refractivity contribution is 5.97. The molecule has 0 unspecified atom stereocenters. The molecule has 1 aromatic heterocycles. The number of carboxylic acids is 1. The Bertz CT molecular complexity index is 726. The van der Waals surface area contributed by atoms with Gasteiger partial charge in [0.05, 0.1) is 5.52 Å². The highest BCUT2D eigenvalue weighted by atomic mass is 16.4. The van der Waals surface area contributed by atoms with Crippen LogP contribution in [0.5, 0.6) is 0 Å². The lowest BCUT2D eigenvalue weighted by Gasteiger charge is -2.13. The number of carbonyl (C=O) groups is 1. The fourth-order valence-corrected chi connectivity index (χ4v) is 2.51. The minimum Gasteiger partial charge on any atom is -0.477 e. The molecule has 18 heavy (non-hydrogen) atoms. The van der Waals surface area contributed by atoms with Gasteiger partial charge >= 0.3 is 5.97 Å². The number of pyridine rings is 1. The Hall–Kier alpha value is -2.10. The van der Waals surface area contributed by atoms with Crippen molar-refractivity contribution < 1.29 is 9.90 Å². The summed E-state index contributed by atoms with van der Waals surface area (Å²) < 4.78 is 1.41. The standard InChI is InChI=1S/C14H15NO3/c1-7-5-8(2)11-9(3)12(14(17)18)13(16)15(4)10(11)6-7/h5-6H,1-4H3,(H,17,18). The van der Waals surface area contributed by atoms with Crippen LogP contribution in [0.2, 0.25) is 0 Å². The normalized spacial score (nSPS) is 10.9. The lowest BCUT2D eigenvalue weighted by atomic mass is 9.98. The van der Waals surface area contributed by atoms with Crippen LogP contribution in [0, 0.1) is 20.8 Å². The van der Waals surface area contributed by atoms with Crippen LogP contribution in [-0.2, 0) is 7.05 Å². The van der Waals surface area contributed by atoms with Crippen LogP contribution in [0.15, 0.2) is 16.9 Å². The summed E-state index contributed by atoms with van der Waals surface area (Å²) in [5, 5.41) is 10.0. The van der Waals surface area contributed by atoms with Gasteiger partial charge in [0.25, 0.3) is 5.56 Å². The number of carboxylic acid groups (broad SMARTS) is 1. The number of nitrogens with zero attached hydrogens (tertiary/aromatic N) is 1. The third-order valence-corrected chi connectivity index (χ3v) is 3.30. The number of aromatic nitrogens is 1. The first kappa shape index (κ1) is 12.4. The fourth-order valence-electron chi connectivity index (χ4n) is 2.51. The maximum Gasteiger partial charge on any atom is 0.341 e. The minimum atomic E-state index is -1.17. The van der Waals surface area contributed by atoms with Crippen molar-refractivity contribution in [3.63, 3.8) is 0 Å². The Morgan fingerprint density at radius 2 is 1.83 bits per heavy atom. The molecule has 0 fully saturated rings. The van der Waals surface area contributed by atoms with Crippen LogP contribution in [-0.4, -0.2) is 15.6 Å². The second-order valence-electron chi connectivity index (χ2n) is 4.65. The van der Waals surface area contributed by atoms with Crippen LogP contribution >= 0.6 is 0 Å². The molecule has 94 valence electrons. The number of benzene rings is 1. The predicted molar refractivity (Wildman–Crippen MR) is 70.4 cm³/mol. The molecule has 2 aromatic rings. The summed E-state index contributed by atoms with van der Waals surface area (Å²) in [6.45, 7) is 5.57. The molecule has 2 rings (SSSR count). The summed E-state index contributed by atoms with van der Waals surface area (Å²) in [6.07, 6.45) is 0. The van der Waals surface area contributed by atoms with Crippen molar-refractivity contribution in [3.8, 4) is 0 Å². The number of rotatable bonds is 1. The molecule has 0 radical (unpaired) electrons. The lowest BCUT2D eigenvalue weighted by Crippen LogP contribution is -2.26. The van der Waals surface area contributed by atoms with Crippen molar-refractivity contribution in [2.75, 3.05) is 0 Å². The van der Waals surface area contributed by atoms with Gasteiger partial charge in [-0.05, 0) is 43.5 Å². The van der Waals surface area contributed by atoms with Crippen molar-refractivity contribution in [2.24, 2.45) is 7.05 Å². The first-order valence-corrected chi connectivity index (χ1v) is 5.68. The van der Waals surface area contributed by atoms with Gasteiger partial charge in [-0.3, -0.25) is 4.79 Å². The Morgan fingerprint density at radius 3 is 2.39 bits per heavy atom. The lowest BCUT2D eigenvalue weighted by molar-refractivity contribution is 0.0694. The van der Waals surface area contributed by atoms with E-state index in [0.717, 1.165) is 22.0 Å². The van der Waals surface area contributed by atoms with E-state index < -0.39 is 11.5 Å². The van der Waals surface area contributed by atoms with E-state index in [0.29, 0.717) is 5.56 Å². The molecule has 0 bridgehead atoms. The molecule has 0 aliphatic carbocycles. The topological polar surface area (TPSA) is 59.3 Å². The molecule has 1 aromatic carbocycles. The fraction of sp³-hybridized carbons (Fsp3) is 0.286. The first-order valence-electron chi connectivity index (χ1n) is 5.68. The molecule has 1 heterocycles. The van der Waals surface area contributed by atoms with Gasteiger partial charge < -0.3 is 9.67 Å². The summed E-state index contributed by atoms with van der Waals surface area (Å²) in [4.78, 5) is 23.3. The number of aryl methyl sites for hydroxylation is 4. The van der Waals surface area contributed by atoms with E-state index >= 15 is 0 Å². The van der Waals surface area contributed by atoms with Gasteiger partial charge in [0, 0.05) is 12.4 Å². The van der Waals surface area contributed by atoms with E-state index in [2.05, 4.69) is 0 Å². The molecule has 0 amide bonds. The van der Waals surface area contributed by atoms with Gasteiger partial charge in [-0.2, -0.15) is 0 Å². The summed E-state index contributed by atoms with van der Waals surface area (Å²) >= 11 is 0.